The quantitative estimate of drug-likeness (QED) is 0.366. The minimum absolute atomic E-state index is 0.00681. The number of amides is 1. The summed E-state index contributed by atoms with van der Waals surface area (Å²) in [4.78, 5) is 52.3. The van der Waals surface area contributed by atoms with Gasteiger partial charge in [0.15, 0.2) is 11.2 Å². The van der Waals surface area contributed by atoms with Crippen LogP contribution in [-0.4, -0.2) is 74.5 Å². The van der Waals surface area contributed by atoms with Gasteiger partial charge in [0.2, 0.25) is 0 Å². The number of aliphatic hydroxyl groups is 2. The molecule has 1 amide bonds. The number of hydrogen-bond donors (Lipinski definition) is 3. The maximum atomic E-state index is 13.5. The first kappa shape index (κ1) is 24.9. The zero-order valence-corrected chi connectivity index (χ0v) is 21.5. The standard InChI is InChI=1S/C25H31N7O5/c1-13(2)20-27-16-7-6-14(8-17(16)28-20)22(34)31-10-15(33)9-18(25(3,37)11-31)32-12-26-21-19(32)23(35)30(5)24(36)29(21)4/h6-8,12-13,15,18,33,37H,9-11H2,1-5H3,(H,27,28)/t15-,18-,25-/m1/s1. The van der Waals surface area contributed by atoms with Gasteiger partial charge in [-0.2, -0.15) is 0 Å². The fourth-order valence-corrected chi connectivity index (χ4v) is 5.18. The SMILES string of the molecule is CC(C)c1nc2ccc(C(=O)N3C[C@H](O)C[C@@H](n4cnc5c4c(=O)n(C)c(=O)n5C)[C@](C)(O)C3)cc2[nH]1. The molecule has 0 spiro atoms. The smallest absolute Gasteiger partial charge is 0.332 e. The number of nitrogens with zero attached hydrogens (tertiary/aromatic N) is 6. The van der Waals surface area contributed by atoms with Crippen molar-refractivity contribution in [1.29, 1.82) is 0 Å². The van der Waals surface area contributed by atoms with Gasteiger partial charge in [0, 0.05) is 32.1 Å². The van der Waals surface area contributed by atoms with Gasteiger partial charge in [-0.05, 0) is 31.5 Å². The number of aromatic amines is 1. The van der Waals surface area contributed by atoms with Gasteiger partial charge in [-0.25, -0.2) is 14.8 Å². The van der Waals surface area contributed by atoms with Crippen LogP contribution in [0.3, 0.4) is 0 Å². The number of rotatable bonds is 3. The molecule has 4 heterocycles. The van der Waals surface area contributed by atoms with Gasteiger partial charge in [-0.15, -0.1) is 0 Å². The highest BCUT2D eigenvalue weighted by molar-refractivity contribution is 5.97. The van der Waals surface area contributed by atoms with E-state index >= 15 is 0 Å². The Morgan fingerprint density at radius 3 is 2.65 bits per heavy atom. The van der Waals surface area contributed by atoms with Crippen LogP contribution in [0, 0.1) is 0 Å². The number of imidazole rings is 2. The van der Waals surface area contributed by atoms with Crippen molar-refractivity contribution >= 4 is 28.1 Å². The number of aromatic nitrogens is 6. The first-order valence-corrected chi connectivity index (χ1v) is 12.2. The first-order chi connectivity index (χ1) is 17.4. The van der Waals surface area contributed by atoms with Crippen LogP contribution >= 0.6 is 0 Å². The number of β-amino-alcohol motifs (C(OH)–C–C–N with tert-alkyl or cyclic N) is 2. The van der Waals surface area contributed by atoms with Crippen LogP contribution in [0.1, 0.15) is 55.3 Å². The second-order valence-corrected chi connectivity index (χ2v) is 10.5. The predicted octanol–water partition coefficient (Wildman–Crippen LogP) is 0.633. The molecule has 0 aliphatic carbocycles. The van der Waals surface area contributed by atoms with Crippen LogP contribution < -0.4 is 11.2 Å². The van der Waals surface area contributed by atoms with E-state index in [1.807, 2.05) is 13.8 Å². The Bertz CT molecular complexity index is 1640. The van der Waals surface area contributed by atoms with E-state index in [0.717, 1.165) is 21.4 Å². The Morgan fingerprint density at radius 2 is 1.95 bits per heavy atom. The minimum Gasteiger partial charge on any atom is -0.391 e. The maximum Gasteiger partial charge on any atom is 0.332 e. The molecule has 3 atom stereocenters. The van der Waals surface area contributed by atoms with Gasteiger partial charge >= 0.3 is 5.69 Å². The van der Waals surface area contributed by atoms with Gasteiger partial charge in [-0.1, -0.05) is 13.8 Å². The molecule has 12 heteroatoms. The number of fused-ring (bicyclic) bond motifs is 2. The summed E-state index contributed by atoms with van der Waals surface area (Å²) >= 11 is 0. The van der Waals surface area contributed by atoms with Crippen molar-refractivity contribution in [1.82, 2.24) is 33.6 Å². The number of aryl methyl sites for hydroxylation is 1. The number of aliphatic hydroxyl groups excluding tert-OH is 1. The monoisotopic (exact) mass is 509 g/mol. The van der Waals surface area contributed by atoms with Crippen molar-refractivity contribution in [3.05, 3.63) is 56.8 Å². The first-order valence-electron chi connectivity index (χ1n) is 12.2. The summed E-state index contributed by atoms with van der Waals surface area (Å²) in [6.07, 6.45) is 0.499. The highest BCUT2D eigenvalue weighted by Crippen LogP contribution is 2.34. The molecule has 3 N–H and O–H groups in total. The van der Waals surface area contributed by atoms with Crippen molar-refractivity contribution in [2.24, 2.45) is 14.1 Å². The lowest BCUT2D eigenvalue weighted by molar-refractivity contribution is -0.0121. The van der Waals surface area contributed by atoms with E-state index in [1.165, 1.54) is 34.5 Å². The van der Waals surface area contributed by atoms with Crippen LogP contribution in [-0.2, 0) is 14.1 Å². The molecule has 0 radical (unpaired) electrons. The Morgan fingerprint density at radius 1 is 1.22 bits per heavy atom. The average molecular weight is 510 g/mol. The highest BCUT2D eigenvalue weighted by atomic mass is 16.3. The molecule has 4 aromatic rings. The fraction of sp³-hybridized carbons (Fsp3) is 0.480. The third kappa shape index (κ3) is 4.05. The summed E-state index contributed by atoms with van der Waals surface area (Å²) in [7, 11) is 2.89. The molecule has 5 rings (SSSR count). The Balaban J connectivity index is 1.51. The molecule has 12 nitrogen and oxygen atoms in total. The van der Waals surface area contributed by atoms with Crippen LogP contribution in [0.15, 0.2) is 34.1 Å². The molecule has 1 aliphatic rings. The summed E-state index contributed by atoms with van der Waals surface area (Å²) in [5.74, 6) is 0.695. The van der Waals surface area contributed by atoms with Gasteiger partial charge in [0.25, 0.3) is 11.5 Å². The van der Waals surface area contributed by atoms with E-state index in [4.69, 9.17) is 0 Å². The lowest BCUT2D eigenvalue weighted by Gasteiger charge is -2.34. The topological polar surface area (TPSA) is 151 Å². The second kappa shape index (κ2) is 8.67. The van der Waals surface area contributed by atoms with E-state index < -0.39 is 29.0 Å². The van der Waals surface area contributed by atoms with Crippen LogP contribution in [0.4, 0.5) is 0 Å². The zero-order chi connectivity index (χ0) is 26.8. The Kier molecular flexibility index (Phi) is 5.83. The van der Waals surface area contributed by atoms with Gasteiger partial charge in [0.05, 0.1) is 36.1 Å². The molecule has 0 unspecified atom stereocenters. The zero-order valence-electron chi connectivity index (χ0n) is 21.5. The third-order valence-corrected chi connectivity index (χ3v) is 7.25. The number of carbonyl (C=O) groups is 1. The summed E-state index contributed by atoms with van der Waals surface area (Å²) < 4.78 is 3.76. The fourth-order valence-electron chi connectivity index (χ4n) is 5.18. The van der Waals surface area contributed by atoms with E-state index in [1.54, 1.807) is 25.1 Å². The van der Waals surface area contributed by atoms with Crippen molar-refractivity contribution in [2.75, 3.05) is 13.1 Å². The molecule has 0 bridgehead atoms. The molecular weight excluding hydrogens is 478 g/mol. The molecule has 1 saturated heterocycles. The third-order valence-electron chi connectivity index (χ3n) is 7.25. The van der Waals surface area contributed by atoms with Crippen LogP contribution in [0.5, 0.6) is 0 Å². The van der Waals surface area contributed by atoms with Crippen LogP contribution in [0.25, 0.3) is 22.2 Å². The van der Waals surface area contributed by atoms with Crippen molar-refractivity contribution in [3.63, 3.8) is 0 Å². The van der Waals surface area contributed by atoms with E-state index in [9.17, 15) is 24.6 Å². The number of H-pyrrole nitrogens is 1. The molecular formula is C25H31N7O5. The van der Waals surface area contributed by atoms with Crippen molar-refractivity contribution < 1.29 is 15.0 Å². The highest BCUT2D eigenvalue weighted by Gasteiger charge is 2.42. The number of hydrogen-bond acceptors (Lipinski definition) is 7. The number of benzene rings is 1. The lowest BCUT2D eigenvalue weighted by atomic mass is 9.92. The number of nitrogens with one attached hydrogen (secondary N) is 1. The molecule has 0 saturated carbocycles. The summed E-state index contributed by atoms with van der Waals surface area (Å²) in [6.45, 7) is 5.55. The summed E-state index contributed by atoms with van der Waals surface area (Å²) in [5.41, 5.74) is -0.356. The van der Waals surface area contributed by atoms with E-state index in [0.29, 0.717) is 5.56 Å². The minimum atomic E-state index is -1.52. The normalized spacial score (nSPS) is 22.8. The molecule has 1 aromatic carbocycles. The van der Waals surface area contributed by atoms with E-state index in [2.05, 4.69) is 15.0 Å². The van der Waals surface area contributed by atoms with Gasteiger partial charge in [0.1, 0.15) is 11.4 Å². The predicted molar refractivity (Wildman–Crippen MR) is 137 cm³/mol. The maximum absolute atomic E-state index is 13.5. The van der Waals surface area contributed by atoms with E-state index in [-0.39, 0.29) is 42.5 Å². The van der Waals surface area contributed by atoms with Gasteiger partial charge in [-0.3, -0.25) is 18.7 Å². The Labute approximate surface area is 211 Å². The largest absolute Gasteiger partial charge is 0.391 e. The second-order valence-electron chi connectivity index (χ2n) is 10.5. The number of likely N-dealkylation sites (tertiary alicyclic amines) is 1. The number of carbonyl (C=O) groups excluding carboxylic acids is 1. The molecule has 3 aromatic heterocycles. The van der Waals surface area contributed by atoms with Crippen molar-refractivity contribution in [2.45, 2.75) is 50.9 Å². The van der Waals surface area contributed by atoms with Crippen molar-refractivity contribution in [3.8, 4) is 0 Å². The molecule has 1 fully saturated rings. The molecule has 1 aliphatic heterocycles. The summed E-state index contributed by atoms with van der Waals surface area (Å²) in [6, 6.07) is 4.41. The lowest BCUT2D eigenvalue weighted by Crippen LogP contribution is -2.47. The molecule has 37 heavy (non-hydrogen) atoms. The molecule has 196 valence electrons. The Hall–Kier alpha value is -3.77. The average Bonchev–Trinajstić information content (AvgIpc) is 3.45. The van der Waals surface area contributed by atoms with Crippen LogP contribution in [0.2, 0.25) is 0 Å². The van der Waals surface area contributed by atoms with Gasteiger partial charge < -0.3 is 24.7 Å². The summed E-state index contributed by atoms with van der Waals surface area (Å²) in [5, 5.41) is 22.5.